The number of aliphatic imine (C=N–C) groups is 1. The highest BCUT2D eigenvalue weighted by Crippen LogP contribution is 2.37. The Balaban J connectivity index is 0.000000420. The Morgan fingerprint density at radius 1 is 1.34 bits per heavy atom. The van der Waals surface area contributed by atoms with Crippen molar-refractivity contribution in [2.45, 2.75) is 50.8 Å². The van der Waals surface area contributed by atoms with E-state index in [9.17, 15) is 23.1 Å². The Morgan fingerprint density at radius 3 is 2.54 bits per heavy atom. The second-order valence-electron chi connectivity index (χ2n) is 8.93. The summed E-state index contributed by atoms with van der Waals surface area (Å²) in [6.45, 7) is 4.30. The second-order valence-corrected chi connectivity index (χ2v) is 9.82. The minimum absolute atomic E-state index is 0.0312. The number of halogens is 3. The average molecular weight is 511 g/mol. The van der Waals surface area contributed by atoms with E-state index in [1.54, 1.807) is 36.7 Å². The van der Waals surface area contributed by atoms with Crippen molar-refractivity contribution in [2.24, 2.45) is 4.99 Å². The number of aromatic nitrogens is 1. The van der Waals surface area contributed by atoms with Crippen LogP contribution in [0.15, 0.2) is 58.2 Å². The largest absolute Gasteiger partial charge is 0.466 e. The lowest BCUT2D eigenvalue weighted by molar-refractivity contribution is -0.136. The third kappa shape index (κ3) is 6.89. The van der Waals surface area contributed by atoms with Crippen LogP contribution >= 0.6 is 11.3 Å². The molecule has 0 bridgehead atoms. The first-order chi connectivity index (χ1) is 16.4. The summed E-state index contributed by atoms with van der Waals surface area (Å²) in [6.07, 6.45) is 1.19. The quantitative estimate of drug-likeness (QED) is 0.598. The van der Waals surface area contributed by atoms with Crippen LogP contribution in [0.1, 0.15) is 32.2 Å². The first-order valence-electron chi connectivity index (χ1n) is 11.0. The number of alkyl halides is 2. The summed E-state index contributed by atoms with van der Waals surface area (Å²) in [5.74, 6) is -3.18. The van der Waals surface area contributed by atoms with Crippen molar-refractivity contribution in [2.75, 3.05) is 20.2 Å². The minimum atomic E-state index is -2.91. The van der Waals surface area contributed by atoms with Gasteiger partial charge in [0.25, 0.3) is 5.92 Å². The zero-order valence-electron chi connectivity index (χ0n) is 20.0. The van der Waals surface area contributed by atoms with E-state index in [2.05, 4.69) is 15.3 Å². The topological polar surface area (TPSA) is 87.0 Å². The van der Waals surface area contributed by atoms with Gasteiger partial charge in [-0.15, -0.1) is 11.3 Å². The number of aliphatic hydroxyl groups is 1. The number of thiazole rings is 1. The Hall–Kier alpha value is -2.76. The Morgan fingerprint density at radius 2 is 2.03 bits per heavy atom. The zero-order chi connectivity index (χ0) is 25.8. The number of ether oxygens (including phenoxy) is 1. The van der Waals surface area contributed by atoms with Gasteiger partial charge in [0.15, 0.2) is 10.8 Å². The highest BCUT2D eigenvalue weighted by molar-refractivity contribution is 7.11. The predicted octanol–water partition coefficient (Wildman–Crippen LogP) is 3.61. The first kappa shape index (κ1) is 26.8. The first-order valence-corrected chi connectivity index (χ1v) is 11.9. The van der Waals surface area contributed by atoms with Crippen LogP contribution < -0.4 is 5.32 Å². The molecule has 1 saturated heterocycles. The number of benzene rings is 1. The normalized spacial score (nSPS) is 22.1. The summed E-state index contributed by atoms with van der Waals surface area (Å²) in [5.41, 5.74) is -0.600. The van der Waals surface area contributed by atoms with E-state index in [-0.39, 0.29) is 17.9 Å². The van der Waals surface area contributed by atoms with Crippen LogP contribution in [0, 0.1) is 5.82 Å². The highest BCUT2D eigenvalue weighted by atomic mass is 32.1. The average Bonchev–Trinajstić information content (AvgIpc) is 3.41. The molecule has 1 fully saturated rings. The lowest BCUT2D eigenvalue weighted by atomic mass is 9.95. The molecule has 0 aliphatic carbocycles. The second kappa shape index (κ2) is 10.9. The molecule has 0 saturated carbocycles. The smallest absolute Gasteiger partial charge is 0.337 e. The third-order valence-corrected chi connectivity index (χ3v) is 6.43. The molecule has 3 heterocycles. The van der Waals surface area contributed by atoms with Gasteiger partial charge in [0.2, 0.25) is 0 Å². The number of amidine groups is 1. The number of rotatable bonds is 5. The summed E-state index contributed by atoms with van der Waals surface area (Å²) in [7, 11) is 1.27. The Labute approximate surface area is 206 Å². The number of carbonyl (C=O) groups excluding carboxylic acids is 1. The van der Waals surface area contributed by atoms with Crippen molar-refractivity contribution in [3.8, 4) is 0 Å². The standard InChI is InChI=1S/C18H24F2N4O3S.C6H5F/c1-10-13(16(25)27-4)11(23-14(22-10)15-21-5-6-28-15)8-24-9-18(19,20)7-12(24)17(2,3)26;7-6-4-2-1-3-5-6/h5-6,10,12,26H,7-9H2,1-4H3,(H,22,23);1-5H. The van der Waals surface area contributed by atoms with Crippen molar-refractivity contribution < 1.29 is 27.8 Å². The van der Waals surface area contributed by atoms with Crippen LogP contribution in [-0.4, -0.2) is 70.6 Å². The van der Waals surface area contributed by atoms with E-state index in [0.29, 0.717) is 16.5 Å². The van der Waals surface area contributed by atoms with Gasteiger partial charge in [-0.3, -0.25) is 9.89 Å². The predicted molar refractivity (Wildman–Crippen MR) is 128 cm³/mol. The van der Waals surface area contributed by atoms with Gasteiger partial charge < -0.3 is 15.2 Å². The van der Waals surface area contributed by atoms with Crippen LogP contribution in [0.3, 0.4) is 0 Å². The maximum atomic E-state index is 14.1. The summed E-state index contributed by atoms with van der Waals surface area (Å²) in [4.78, 5) is 22.5. The van der Waals surface area contributed by atoms with Gasteiger partial charge in [0.05, 0.1) is 30.9 Å². The van der Waals surface area contributed by atoms with Crippen molar-refractivity contribution in [1.29, 1.82) is 0 Å². The lowest BCUT2D eigenvalue weighted by Crippen LogP contribution is -2.48. The maximum Gasteiger partial charge on any atom is 0.337 e. The van der Waals surface area contributed by atoms with E-state index in [4.69, 9.17) is 4.74 Å². The highest BCUT2D eigenvalue weighted by Gasteiger charge is 2.50. The molecule has 2 unspecified atom stereocenters. The Bertz CT molecular complexity index is 1070. The molecule has 190 valence electrons. The molecule has 0 spiro atoms. The molecule has 0 amide bonds. The summed E-state index contributed by atoms with van der Waals surface area (Å²) in [6, 6.07) is 6.66. The lowest BCUT2D eigenvalue weighted by Gasteiger charge is -2.35. The molecule has 0 radical (unpaired) electrons. The van der Waals surface area contributed by atoms with Gasteiger partial charge in [0.1, 0.15) is 5.82 Å². The molecule has 4 rings (SSSR count). The van der Waals surface area contributed by atoms with E-state index in [0.717, 1.165) is 0 Å². The maximum absolute atomic E-state index is 14.1. The molecule has 11 heteroatoms. The van der Waals surface area contributed by atoms with E-state index in [1.165, 1.54) is 49.3 Å². The molecule has 1 aromatic heterocycles. The van der Waals surface area contributed by atoms with E-state index < -0.39 is 42.5 Å². The molecule has 35 heavy (non-hydrogen) atoms. The van der Waals surface area contributed by atoms with Crippen molar-refractivity contribution in [3.05, 3.63) is 64.0 Å². The summed E-state index contributed by atoms with van der Waals surface area (Å²) < 4.78 is 45.0. The molecule has 2 aromatic rings. The molecular weight excluding hydrogens is 481 g/mol. The molecule has 1 aromatic carbocycles. The monoisotopic (exact) mass is 510 g/mol. The van der Waals surface area contributed by atoms with E-state index in [1.807, 2.05) is 0 Å². The number of carbonyl (C=O) groups is 1. The van der Waals surface area contributed by atoms with Crippen LogP contribution in [0.2, 0.25) is 0 Å². The summed E-state index contributed by atoms with van der Waals surface area (Å²) in [5, 5.41) is 15.9. The molecule has 2 atom stereocenters. The molecular formula is C24H29F3N4O3S. The van der Waals surface area contributed by atoms with Crippen molar-refractivity contribution in [1.82, 2.24) is 15.2 Å². The van der Waals surface area contributed by atoms with Crippen LogP contribution in [0.4, 0.5) is 13.2 Å². The van der Waals surface area contributed by atoms with Gasteiger partial charge in [0, 0.05) is 36.3 Å². The number of esters is 1. The molecule has 2 N–H and O–H groups in total. The van der Waals surface area contributed by atoms with Crippen LogP contribution in [0.5, 0.6) is 0 Å². The van der Waals surface area contributed by atoms with Gasteiger partial charge in [-0.25, -0.2) is 22.9 Å². The number of hydrogen-bond acceptors (Lipinski definition) is 8. The van der Waals surface area contributed by atoms with Crippen molar-refractivity contribution in [3.63, 3.8) is 0 Å². The minimum Gasteiger partial charge on any atom is -0.466 e. The summed E-state index contributed by atoms with van der Waals surface area (Å²) >= 11 is 1.38. The third-order valence-electron chi connectivity index (χ3n) is 5.65. The van der Waals surface area contributed by atoms with Gasteiger partial charge in [-0.2, -0.15) is 0 Å². The number of nitrogens with zero attached hydrogens (tertiary/aromatic N) is 3. The van der Waals surface area contributed by atoms with Crippen LogP contribution in [-0.2, 0) is 9.53 Å². The SMILES string of the molecule is COC(=O)C1=C(CN2CC(F)(F)CC2C(C)(C)O)NC(c2nccs2)=NC1C.Fc1ccccc1. The molecule has 2 aliphatic heterocycles. The number of methoxy groups -OCH3 is 1. The van der Waals surface area contributed by atoms with Crippen molar-refractivity contribution >= 4 is 23.1 Å². The van der Waals surface area contributed by atoms with Gasteiger partial charge in [-0.1, -0.05) is 18.2 Å². The van der Waals surface area contributed by atoms with Crippen LogP contribution in [0.25, 0.3) is 0 Å². The molecule has 7 nitrogen and oxygen atoms in total. The number of hydrogen-bond donors (Lipinski definition) is 2. The fourth-order valence-corrected chi connectivity index (χ4v) is 4.68. The van der Waals surface area contributed by atoms with Gasteiger partial charge >= 0.3 is 5.97 Å². The van der Waals surface area contributed by atoms with Gasteiger partial charge in [-0.05, 0) is 32.9 Å². The fraction of sp³-hybridized carbons (Fsp3) is 0.458. The number of nitrogens with one attached hydrogen (secondary N) is 1. The molecule has 2 aliphatic rings. The Kier molecular flexibility index (Phi) is 8.34. The van der Waals surface area contributed by atoms with E-state index >= 15 is 0 Å². The zero-order valence-corrected chi connectivity index (χ0v) is 20.8. The fourth-order valence-electron chi connectivity index (χ4n) is 4.09. The number of likely N-dealkylation sites (tertiary alicyclic amines) is 1.